The quantitative estimate of drug-likeness (QED) is 0.916. The van der Waals surface area contributed by atoms with Crippen molar-refractivity contribution in [3.63, 3.8) is 0 Å². The van der Waals surface area contributed by atoms with Gasteiger partial charge in [0.05, 0.1) is 6.10 Å². The summed E-state index contributed by atoms with van der Waals surface area (Å²) >= 11 is 0. The molecule has 0 amide bonds. The first-order chi connectivity index (χ1) is 9.33. The molecule has 2 aromatic rings. The van der Waals surface area contributed by atoms with Gasteiger partial charge in [0.15, 0.2) is 0 Å². The van der Waals surface area contributed by atoms with Gasteiger partial charge in [-0.25, -0.2) is 0 Å². The van der Waals surface area contributed by atoms with Gasteiger partial charge in [-0.2, -0.15) is 0 Å². The number of hydrogen-bond acceptors (Lipinski definition) is 3. The SMILES string of the molecule is CC1CNCC(COc2cccc3ccccc23)O1. The Morgan fingerprint density at radius 3 is 2.89 bits per heavy atom. The van der Waals surface area contributed by atoms with Gasteiger partial charge in [0.2, 0.25) is 0 Å². The molecule has 1 saturated heterocycles. The second-order valence-corrected chi connectivity index (χ2v) is 5.02. The van der Waals surface area contributed by atoms with Crippen molar-refractivity contribution in [2.45, 2.75) is 19.1 Å². The van der Waals surface area contributed by atoms with E-state index in [9.17, 15) is 0 Å². The van der Waals surface area contributed by atoms with E-state index in [1.807, 2.05) is 24.3 Å². The van der Waals surface area contributed by atoms with Gasteiger partial charge in [-0.15, -0.1) is 0 Å². The summed E-state index contributed by atoms with van der Waals surface area (Å²) in [6.45, 7) is 4.45. The second kappa shape index (κ2) is 5.59. The molecule has 2 unspecified atom stereocenters. The highest BCUT2D eigenvalue weighted by molar-refractivity contribution is 5.88. The largest absolute Gasteiger partial charge is 0.490 e. The Balaban J connectivity index is 1.71. The number of nitrogens with one attached hydrogen (secondary N) is 1. The lowest BCUT2D eigenvalue weighted by atomic mass is 10.1. The maximum absolute atomic E-state index is 5.94. The molecule has 3 heteroatoms. The minimum atomic E-state index is 0.128. The molecule has 1 aliphatic rings. The standard InChI is InChI=1S/C16H19NO2/c1-12-9-17-10-14(19-12)11-18-16-8-4-6-13-5-2-3-7-15(13)16/h2-8,12,14,17H,9-11H2,1H3. The molecule has 0 radical (unpaired) electrons. The fourth-order valence-corrected chi connectivity index (χ4v) is 2.47. The van der Waals surface area contributed by atoms with Gasteiger partial charge in [0.1, 0.15) is 18.5 Å². The number of benzene rings is 2. The first-order valence-electron chi connectivity index (χ1n) is 6.79. The number of hydrogen-bond donors (Lipinski definition) is 1. The lowest BCUT2D eigenvalue weighted by Gasteiger charge is -2.28. The van der Waals surface area contributed by atoms with Crippen molar-refractivity contribution in [2.24, 2.45) is 0 Å². The minimum absolute atomic E-state index is 0.128. The number of ether oxygens (including phenoxy) is 2. The Morgan fingerprint density at radius 1 is 1.16 bits per heavy atom. The predicted octanol–water partition coefficient (Wildman–Crippen LogP) is 2.60. The molecule has 1 N–H and O–H groups in total. The smallest absolute Gasteiger partial charge is 0.127 e. The average Bonchev–Trinajstić information content (AvgIpc) is 2.45. The molecule has 1 heterocycles. The van der Waals surface area contributed by atoms with E-state index in [4.69, 9.17) is 9.47 Å². The van der Waals surface area contributed by atoms with Crippen LogP contribution in [0.2, 0.25) is 0 Å². The molecule has 1 aliphatic heterocycles. The van der Waals surface area contributed by atoms with Crippen molar-refractivity contribution in [1.29, 1.82) is 0 Å². The normalized spacial score (nSPS) is 23.4. The summed E-state index contributed by atoms with van der Waals surface area (Å²) in [7, 11) is 0. The van der Waals surface area contributed by atoms with Gasteiger partial charge in [-0.05, 0) is 18.4 Å². The molecule has 19 heavy (non-hydrogen) atoms. The number of fused-ring (bicyclic) bond motifs is 1. The van der Waals surface area contributed by atoms with Gasteiger partial charge in [0, 0.05) is 18.5 Å². The number of rotatable bonds is 3. The molecular formula is C16H19NO2. The third-order valence-electron chi connectivity index (χ3n) is 3.40. The molecule has 2 aromatic carbocycles. The van der Waals surface area contributed by atoms with E-state index >= 15 is 0 Å². The van der Waals surface area contributed by atoms with Crippen molar-refractivity contribution in [2.75, 3.05) is 19.7 Å². The molecule has 2 atom stereocenters. The summed E-state index contributed by atoms with van der Waals surface area (Å²) in [4.78, 5) is 0. The van der Waals surface area contributed by atoms with Crippen molar-refractivity contribution in [1.82, 2.24) is 5.32 Å². The summed E-state index contributed by atoms with van der Waals surface area (Å²) in [5.41, 5.74) is 0. The van der Waals surface area contributed by atoms with Crippen LogP contribution in [0.4, 0.5) is 0 Å². The first kappa shape index (κ1) is 12.5. The lowest BCUT2D eigenvalue weighted by Crippen LogP contribution is -2.45. The Bertz CT molecular complexity index is 550. The van der Waals surface area contributed by atoms with Crippen LogP contribution in [0.1, 0.15) is 6.92 Å². The zero-order valence-electron chi connectivity index (χ0n) is 11.1. The average molecular weight is 257 g/mol. The molecule has 3 rings (SSSR count). The highest BCUT2D eigenvalue weighted by Gasteiger charge is 2.19. The molecule has 0 bridgehead atoms. The van der Waals surface area contributed by atoms with E-state index in [0.29, 0.717) is 6.61 Å². The number of morpholine rings is 1. The zero-order valence-corrected chi connectivity index (χ0v) is 11.1. The molecular weight excluding hydrogens is 238 g/mol. The summed E-state index contributed by atoms with van der Waals surface area (Å²) < 4.78 is 11.8. The summed E-state index contributed by atoms with van der Waals surface area (Å²) in [6.07, 6.45) is 0.387. The van der Waals surface area contributed by atoms with Gasteiger partial charge in [-0.3, -0.25) is 0 Å². The maximum Gasteiger partial charge on any atom is 0.127 e. The van der Waals surface area contributed by atoms with E-state index in [1.165, 1.54) is 5.39 Å². The van der Waals surface area contributed by atoms with E-state index in [2.05, 4.69) is 30.4 Å². The van der Waals surface area contributed by atoms with Crippen LogP contribution in [-0.2, 0) is 4.74 Å². The molecule has 0 aromatic heterocycles. The first-order valence-corrected chi connectivity index (χ1v) is 6.79. The Labute approximate surface area is 113 Å². The van der Waals surface area contributed by atoms with Crippen molar-refractivity contribution in [3.8, 4) is 5.75 Å². The lowest BCUT2D eigenvalue weighted by molar-refractivity contribution is -0.0468. The maximum atomic E-state index is 5.94. The van der Waals surface area contributed by atoms with Crippen molar-refractivity contribution < 1.29 is 9.47 Å². The van der Waals surface area contributed by atoms with E-state index in [-0.39, 0.29) is 12.2 Å². The predicted molar refractivity (Wildman–Crippen MR) is 76.6 cm³/mol. The monoisotopic (exact) mass is 257 g/mol. The second-order valence-electron chi connectivity index (χ2n) is 5.02. The third kappa shape index (κ3) is 2.88. The van der Waals surface area contributed by atoms with Crippen LogP contribution in [-0.4, -0.2) is 31.9 Å². The van der Waals surface area contributed by atoms with Gasteiger partial charge in [-0.1, -0.05) is 36.4 Å². The van der Waals surface area contributed by atoms with Gasteiger partial charge >= 0.3 is 0 Å². The molecule has 0 saturated carbocycles. The fraction of sp³-hybridized carbons (Fsp3) is 0.375. The molecule has 1 fully saturated rings. The van der Waals surface area contributed by atoms with E-state index in [0.717, 1.165) is 24.2 Å². The summed E-state index contributed by atoms with van der Waals surface area (Å²) in [5.74, 6) is 0.930. The fourth-order valence-electron chi connectivity index (χ4n) is 2.47. The van der Waals surface area contributed by atoms with Crippen LogP contribution in [0.5, 0.6) is 5.75 Å². The Morgan fingerprint density at radius 2 is 2.00 bits per heavy atom. The summed E-state index contributed by atoms with van der Waals surface area (Å²) in [6, 6.07) is 14.4. The topological polar surface area (TPSA) is 30.5 Å². The highest BCUT2D eigenvalue weighted by atomic mass is 16.5. The third-order valence-corrected chi connectivity index (χ3v) is 3.40. The van der Waals surface area contributed by atoms with Crippen LogP contribution in [0.3, 0.4) is 0 Å². The van der Waals surface area contributed by atoms with Gasteiger partial charge < -0.3 is 14.8 Å². The molecule has 3 nitrogen and oxygen atoms in total. The van der Waals surface area contributed by atoms with Crippen LogP contribution in [0.15, 0.2) is 42.5 Å². The van der Waals surface area contributed by atoms with E-state index < -0.39 is 0 Å². The van der Waals surface area contributed by atoms with E-state index in [1.54, 1.807) is 0 Å². The van der Waals surface area contributed by atoms with Crippen molar-refractivity contribution in [3.05, 3.63) is 42.5 Å². The molecule has 100 valence electrons. The van der Waals surface area contributed by atoms with Crippen LogP contribution in [0, 0.1) is 0 Å². The minimum Gasteiger partial charge on any atom is -0.490 e. The van der Waals surface area contributed by atoms with Crippen LogP contribution >= 0.6 is 0 Å². The molecule has 0 spiro atoms. The Hall–Kier alpha value is -1.58. The van der Waals surface area contributed by atoms with Crippen LogP contribution < -0.4 is 10.1 Å². The Kier molecular flexibility index (Phi) is 3.67. The highest BCUT2D eigenvalue weighted by Crippen LogP contribution is 2.25. The van der Waals surface area contributed by atoms with Crippen LogP contribution in [0.25, 0.3) is 10.8 Å². The zero-order chi connectivity index (χ0) is 13.1. The van der Waals surface area contributed by atoms with Gasteiger partial charge in [0.25, 0.3) is 0 Å². The summed E-state index contributed by atoms with van der Waals surface area (Å²) in [5, 5.41) is 5.71. The molecule has 0 aliphatic carbocycles. The van der Waals surface area contributed by atoms with Crippen molar-refractivity contribution >= 4 is 10.8 Å².